The minimum atomic E-state index is -0.0671. The molecule has 0 atom stereocenters. The van der Waals surface area contributed by atoms with Crippen LogP contribution in [0.25, 0.3) is 0 Å². The number of para-hydroxylation sites is 2. The molecule has 0 bridgehead atoms. The second-order valence-corrected chi connectivity index (χ2v) is 6.03. The van der Waals surface area contributed by atoms with E-state index in [1.54, 1.807) is 0 Å². The lowest BCUT2D eigenvalue weighted by atomic mass is 10.1. The summed E-state index contributed by atoms with van der Waals surface area (Å²) in [5.41, 5.74) is 9.09. The smallest absolute Gasteiger partial charge is 0.244 e. The number of anilines is 3. The molecule has 0 spiro atoms. The Morgan fingerprint density at radius 1 is 1.24 bits per heavy atom. The topological polar surface area (TPSA) is 58.4 Å². The molecule has 0 aliphatic carbocycles. The highest BCUT2D eigenvalue weighted by Gasteiger charge is 2.25. The van der Waals surface area contributed by atoms with Gasteiger partial charge in [-0.1, -0.05) is 40.3 Å². The Morgan fingerprint density at radius 2 is 2.00 bits per heavy atom. The summed E-state index contributed by atoms with van der Waals surface area (Å²) in [6.45, 7) is 0.225. The maximum absolute atomic E-state index is 11.9. The van der Waals surface area contributed by atoms with E-state index in [2.05, 4.69) is 21.2 Å². The summed E-state index contributed by atoms with van der Waals surface area (Å²) < 4.78 is 0.904. The summed E-state index contributed by atoms with van der Waals surface area (Å²) in [6, 6.07) is 13.3. The third-order valence-electron chi connectivity index (χ3n) is 3.29. The molecule has 6 heteroatoms. The Morgan fingerprint density at radius 3 is 2.76 bits per heavy atom. The zero-order chi connectivity index (χ0) is 15.0. The monoisotopic (exact) mass is 361 g/mol. The minimum absolute atomic E-state index is 0.0671. The van der Waals surface area contributed by atoms with E-state index in [-0.39, 0.29) is 12.5 Å². The first-order valence-electron chi connectivity index (χ1n) is 6.32. The van der Waals surface area contributed by atoms with Crippen molar-refractivity contribution in [2.45, 2.75) is 0 Å². The van der Waals surface area contributed by atoms with Crippen molar-refractivity contribution in [2.75, 3.05) is 16.8 Å². The fourth-order valence-corrected chi connectivity index (χ4v) is 2.91. The SMILES string of the molecule is NC(=S)c1ccc(Br)cc1N1CC(=O)Nc2ccccc21. The number of rotatable bonds is 2. The van der Waals surface area contributed by atoms with Crippen LogP contribution >= 0.6 is 28.1 Å². The minimum Gasteiger partial charge on any atom is -0.389 e. The molecule has 1 heterocycles. The first-order chi connectivity index (χ1) is 10.1. The molecule has 4 nitrogen and oxygen atoms in total. The number of carbonyl (C=O) groups excluding carboxylic acids is 1. The maximum Gasteiger partial charge on any atom is 0.244 e. The van der Waals surface area contributed by atoms with Gasteiger partial charge in [0.05, 0.1) is 17.1 Å². The molecule has 1 amide bonds. The molecule has 0 fully saturated rings. The van der Waals surface area contributed by atoms with Gasteiger partial charge in [0.2, 0.25) is 5.91 Å². The summed E-state index contributed by atoms with van der Waals surface area (Å²) >= 11 is 8.58. The number of amides is 1. The highest BCUT2D eigenvalue weighted by atomic mass is 79.9. The van der Waals surface area contributed by atoms with E-state index < -0.39 is 0 Å². The van der Waals surface area contributed by atoms with E-state index in [0.717, 1.165) is 27.1 Å². The van der Waals surface area contributed by atoms with Crippen LogP contribution in [0.2, 0.25) is 0 Å². The molecule has 3 rings (SSSR count). The van der Waals surface area contributed by atoms with Crippen molar-refractivity contribution in [1.29, 1.82) is 0 Å². The quantitative estimate of drug-likeness (QED) is 0.806. The summed E-state index contributed by atoms with van der Waals surface area (Å²) in [5, 5.41) is 2.87. The van der Waals surface area contributed by atoms with E-state index in [1.165, 1.54) is 0 Å². The number of carbonyl (C=O) groups is 1. The number of hydrogen-bond donors (Lipinski definition) is 2. The molecule has 0 aromatic heterocycles. The van der Waals surface area contributed by atoms with E-state index in [1.807, 2.05) is 47.4 Å². The van der Waals surface area contributed by atoms with Crippen LogP contribution in [0.15, 0.2) is 46.9 Å². The fourth-order valence-electron chi connectivity index (χ4n) is 2.38. The van der Waals surface area contributed by atoms with Gasteiger partial charge in [-0.05, 0) is 30.3 Å². The van der Waals surface area contributed by atoms with Crippen molar-refractivity contribution >= 4 is 56.1 Å². The fraction of sp³-hybridized carbons (Fsp3) is 0.0667. The molecule has 106 valence electrons. The Labute approximate surface area is 136 Å². The van der Waals surface area contributed by atoms with Gasteiger partial charge in [0.25, 0.3) is 0 Å². The summed E-state index contributed by atoms with van der Waals surface area (Å²) in [6.07, 6.45) is 0. The maximum atomic E-state index is 11.9. The summed E-state index contributed by atoms with van der Waals surface area (Å²) in [5.74, 6) is -0.0671. The lowest BCUT2D eigenvalue weighted by Crippen LogP contribution is -2.36. The molecule has 21 heavy (non-hydrogen) atoms. The van der Waals surface area contributed by atoms with Crippen LogP contribution in [0.1, 0.15) is 5.56 Å². The Bertz CT molecular complexity index is 747. The number of benzene rings is 2. The second kappa shape index (κ2) is 5.46. The predicted molar refractivity (Wildman–Crippen MR) is 92.1 cm³/mol. The number of hydrogen-bond acceptors (Lipinski definition) is 3. The van der Waals surface area contributed by atoms with Crippen LogP contribution in [-0.4, -0.2) is 17.4 Å². The molecule has 0 unspecified atom stereocenters. The molecule has 0 radical (unpaired) electrons. The Hall–Kier alpha value is -1.92. The normalized spacial score (nSPS) is 13.6. The molecule has 1 aliphatic rings. The van der Waals surface area contributed by atoms with Crippen molar-refractivity contribution in [3.63, 3.8) is 0 Å². The van der Waals surface area contributed by atoms with Crippen LogP contribution in [-0.2, 0) is 4.79 Å². The van der Waals surface area contributed by atoms with Crippen molar-refractivity contribution in [2.24, 2.45) is 5.73 Å². The van der Waals surface area contributed by atoms with Gasteiger partial charge < -0.3 is 16.0 Å². The number of nitrogens with zero attached hydrogens (tertiary/aromatic N) is 1. The van der Waals surface area contributed by atoms with Crippen molar-refractivity contribution in [3.05, 3.63) is 52.5 Å². The molecular formula is C15H12BrN3OS. The van der Waals surface area contributed by atoms with Crippen LogP contribution in [0.3, 0.4) is 0 Å². The van der Waals surface area contributed by atoms with E-state index in [9.17, 15) is 4.79 Å². The van der Waals surface area contributed by atoms with E-state index in [4.69, 9.17) is 18.0 Å². The second-order valence-electron chi connectivity index (χ2n) is 4.68. The third-order valence-corrected chi connectivity index (χ3v) is 4.00. The number of halogens is 1. The lowest BCUT2D eigenvalue weighted by molar-refractivity contribution is -0.115. The zero-order valence-corrected chi connectivity index (χ0v) is 13.4. The molecule has 2 aromatic carbocycles. The molecule has 3 N–H and O–H groups in total. The number of nitrogens with one attached hydrogen (secondary N) is 1. The van der Waals surface area contributed by atoms with Gasteiger partial charge in [0, 0.05) is 10.0 Å². The van der Waals surface area contributed by atoms with Crippen LogP contribution in [0, 0.1) is 0 Å². The molecule has 0 saturated carbocycles. The van der Waals surface area contributed by atoms with Gasteiger partial charge in [-0.25, -0.2) is 0 Å². The van der Waals surface area contributed by atoms with Crippen LogP contribution in [0.4, 0.5) is 17.1 Å². The predicted octanol–water partition coefficient (Wildman–Crippen LogP) is 3.17. The third kappa shape index (κ3) is 2.64. The zero-order valence-electron chi connectivity index (χ0n) is 11.0. The van der Waals surface area contributed by atoms with Gasteiger partial charge in [0.15, 0.2) is 0 Å². The molecule has 0 saturated heterocycles. The van der Waals surface area contributed by atoms with Gasteiger partial charge >= 0.3 is 0 Å². The molecule has 2 aromatic rings. The molecular weight excluding hydrogens is 350 g/mol. The largest absolute Gasteiger partial charge is 0.389 e. The van der Waals surface area contributed by atoms with Gasteiger partial charge in [-0.2, -0.15) is 0 Å². The first kappa shape index (κ1) is 14.0. The lowest BCUT2D eigenvalue weighted by Gasteiger charge is -2.32. The highest BCUT2D eigenvalue weighted by molar-refractivity contribution is 9.10. The Kier molecular flexibility index (Phi) is 3.65. The van der Waals surface area contributed by atoms with Gasteiger partial charge in [0.1, 0.15) is 11.5 Å². The van der Waals surface area contributed by atoms with E-state index >= 15 is 0 Å². The van der Waals surface area contributed by atoms with Crippen LogP contribution in [0.5, 0.6) is 0 Å². The van der Waals surface area contributed by atoms with Crippen LogP contribution < -0.4 is 16.0 Å². The average molecular weight is 362 g/mol. The van der Waals surface area contributed by atoms with Gasteiger partial charge in [-0.15, -0.1) is 0 Å². The molecule has 1 aliphatic heterocycles. The van der Waals surface area contributed by atoms with Crippen molar-refractivity contribution < 1.29 is 4.79 Å². The first-order valence-corrected chi connectivity index (χ1v) is 7.52. The van der Waals surface area contributed by atoms with Gasteiger partial charge in [-0.3, -0.25) is 4.79 Å². The highest BCUT2D eigenvalue weighted by Crippen LogP contribution is 2.37. The number of nitrogens with two attached hydrogens (primary N) is 1. The van der Waals surface area contributed by atoms with E-state index in [0.29, 0.717) is 4.99 Å². The number of fused-ring (bicyclic) bond motifs is 1. The van der Waals surface area contributed by atoms with Crippen molar-refractivity contribution in [3.8, 4) is 0 Å². The standard InChI is InChI=1S/C15H12BrN3OS/c16-9-5-6-10(15(17)21)13(7-9)19-8-14(20)18-11-3-1-2-4-12(11)19/h1-7H,8H2,(H2,17,21)(H,18,20). The summed E-state index contributed by atoms with van der Waals surface area (Å²) in [7, 11) is 0. The number of thiocarbonyl (C=S) groups is 1. The average Bonchev–Trinajstić information content (AvgIpc) is 2.45. The Balaban J connectivity index is 2.19. The summed E-state index contributed by atoms with van der Waals surface area (Å²) in [4.78, 5) is 14.2. The van der Waals surface area contributed by atoms with Crippen molar-refractivity contribution in [1.82, 2.24) is 0 Å².